The lowest BCUT2D eigenvalue weighted by atomic mass is 9.80. The summed E-state index contributed by atoms with van der Waals surface area (Å²) in [6.45, 7) is 0.939. The minimum absolute atomic E-state index is 0.0479. The number of rotatable bonds is 15. The zero-order valence-electron chi connectivity index (χ0n) is 28.0. The van der Waals surface area contributed by atoms with Gasteiger partial charge in [0.15, 0.2) is 11.6 Å². The van der Waals surface area contributed by atoms with Crippen molar-refractivity contribution in [3.63, 3.8) is 0 Å². The van der Waals surface area contributed by atoms with Crippen LogP contribution in [0.2, 0.25) is 5.02 Å². The van der Waals surface area contributed by atoms with Crippen LogP contribution < -0.4 is 10.1 Å². The molecule has 0 saturated heterocycles. The Morgan fingerprint density at radius 1 is 0.882 bits per heavy atom. The Labute approximate surface area is 302 Å². The second-order valence-corrected chi connectivity index (χ2v) is 12.7. The van der Waals surface area contributed by atoms with Gasteiger partial charge >= 0.3 is 0 Å². The summed E-state index contributed by atoms with van der Waals surface area (Å²) in [4.78, 5) is 22.9. The highest BCUT2D eigenvalue weighted by Gasteiger charge is 2.53. The molecular weight excluding hydrogens is 662 g/mol. The van der Waals surface area contributed by atoms with Crippen LogP contribution in [-0.4, -0.2) is 42.2 Å². The Kier molecular flexibility index (Phi) is 11.7. The summed E-state index contributed by atoms with van der Waals surface area (Å²) in [7, 11) is 0. The molecule has 0 saturated carbocycles. The highest BCUT2D eigenvalue weighted by Crippen LogP contribution is 2.43. The third-order valence-electron chi connectivity index (χ3n) is 8.85. The van der Waals surface area contributed by atoms with E-state index >= 15 is 0 Å². The molecule has 6 rings (SSSR count). The van der Waals surface area contributed by atoms with Crippen molar-refractivity contribution in [1.29, 1.82) is 0 Å². The van der Waals surface area contributed by atoms with Crippen LogP contribution in [0.5, 0.6) is 5.75 Å². The summed E-state index contributed by atoms with van der Waals surface area (Å²) >= 11 is 6.10. The molecule has 1 aliphatic rings. The molecule has 0 aliphatic carbocycles. The number of halogens is 1. The third-order valence-corrected chi connectivity index (χ3v) is 9.10. The Balaban J connectivity index is 1.41. The first-order valence-corrected chi connectivity index (χ1v) is 17.2. The number of aliphatic imine (C=N–C) groups is 1. The van der Waals surface area contributed by atoms with Crippen molar-refractivity contribution >= 4 is 23.4 Å². The molecular formula is C41H38ClN5O4. The number of carbonyl (C=O) groups is 1. The molecule has 2 N–H and O–H groups in total. The SMILES string of the molecule is [N-]=[N+]=NCc1ccccc1C[C@@]1(C(=O)NCCc2ccc(Cl)cc2)N=C(c2ccc(OCCCO)cc2)O[C@@H]1c1ccc(-c2ccccc2)cc1. The van der Waals surface area contributed by atoms with Gasteiger partial charge in [0.2, 0.25) is 5.90 Å². The fraction of sp³-hybridized carbons (Fsp3) is 0.220. The Morgan fingerprint density at radius 2 is 1.55 bits per heavy atom. The zero-order chi connectivity index (χ0) is 35.5. The number of aliphatic hydroxyl groups is 1. The second-order valence-electron chi connectivity index (χ2n) is 12.2. The maximum absolute atomic E-state index is 14.7. The lowest BCUT2D eigenvalue weighted by molar-refractivity contribution is -0.128. The van der Waals surface area contributed by atoms with E-state index in [1.807, 2.05) is 115 Å². The largest absolute Gasteiger partial charge is 0.494 e. The second kappa shape index (κ2) is 16.9. The summed E-state index contributed by atoms with van der Waals surface area (Å²) < 4.78 is 12.5. The molecule has 5 aromatic rings. The highest BCUT2D eigenvalue weighted by atomic mass is 35.5. The number of nitrogens with zero attached hydrogens (tertiary/aromatic N) is 4. The van der Waals surface area contributed by atoms with E-state index in [2.05, 4.69) is 27.5 Å². The lowest BCUT2D eigenvalue weighted by Crippen LogP contribution is -2.50. The van der Waals surface area contributed by atoms with Crippen molar-refractivity contribution in [2.75, 3.05) is 19.8 Å². The lowest BCUT2D eigenvalue weighted by Gasteiger charge is -2.31. The number of ether oxygens (including phenoxy) is 2. The van der Waals surface area contributed by atoms with E-state index in [9.17, 15) is 4.79 Å². The minimum atomic E-state index is -1.42. The summed E-state index contributed by atoms with van der Waals surface area (Å²) in [5.41, 5.74) is 13.9. The van der Waals surface area contributed by atoms with Gasteiger partial charge in [0, 0.05) is 41.5 Å². The molecule has 258 valence electrons. The van der Waals surface area contributed by atoms with Gasteiger partial charge < -0.3 is 19.9 Å². The van der Waals surface area contributed by atoms with Gasteiger partial charge in [-0.3, -0.25) is 4.79 Å². The minimum Gasteiger partial charge on any atom is -0.494 e. The summed E-state index contributed by atoms with van der Waals surface area (Å²) in [5.74, 6) is 0.692. The fourth-order valence-corrected chi connectivity index (χ4v) is 6.30. The Bertz CT molecular complexity index is 2000. The van der Waals surface area contributed by atoms with Crippen LogP contribution in [0.4, 0.5) is 0 Å². The number of nitrogens with one attached hydrogen (secondary N) is 1. The van der Waals surface area contributed by atoms with E-state index in [1.54, 1.807) is 0 Å². The van der Waals surface area contributed by atoms with Crippen molar-refractivity contribution in [3.05, 3.63) is 171 Å². The number of hydrogen-bond acceptors (Lipinski definition) is 6. The van der Waals surface area contributed by atoms with Gasteiger partial charge in [-0.15, -0.1) is 0 Å². The summed E-state index contributed by atoms with van der Waals surface area (Å²) in [5, 5.41) is 16.8. The first-order chi connectivity index (χ1) is 25.0. The summed E-state index contributed by atoms with van der Waals surface area (Å²) in [6.07, 6.45) is 0.520. The predicted octanol–water partition coefficient (Wildman–Crippen LogP) is 8.44. The van der Waals surface area contributed by atoms with Crippen molar-refractivity contribution < 1.29 is 19.4 Å². The number of amides is 1. The van der Waals surface area contributed by atoms with Crippen molar-refractivity contribution in [1.82, 2.24) is 5.32 Å². The summed E-state index contributed by atoms with van der Waals surface area (Å²) in [6, 6.07) is 40.7. The zero-order valence-corrected chi connectivity index (χ0v) is 28.7. The van der Waals surface area contributed by atoms with Gasteiger partial charge in [0.1, 0.15) is 5.75 Å². The molecule has 5 aromatic carbocycles. The van der Waals surface area contributed by atoms with Gasteiger partial charge in [-0.25, -0.2) is 4.99 Å². The van der Waals surface area contributed by atoms with Crippen LogP contribution in [0.25, 0.3) is 21.6 Å². The van der Waals surface area contributed by atoms with Crippen LogP contribution in [-0.2, 0) is 28.9 Å². The standard InChI is InChI=1S/C41H38ClN5O4/c42-36-19-11-29(12-20-36)23-24-44-40(49)41(27-34-9-4-5-10-35(34)28-45-47-43)38(32-15-13-31(14-16-32)30-7-2-1-3-8-30)51-39(46-41)33-17-21-37(22-18-33)50-26-6-25-48/h1-5,7-22,38,48H,6,23-28H2,(H,44,49)/t38-,41-/m1/s1. The van der Waals surface area contributed by atoms with E-state index in [-0.39, 0.29) is 25.5 Å². The Hall–Kier alpha value is -5.60. The topological polar surface area (TPSA) is 129 Å². The molecule has 9 nitrogen and oxygen atoms in total. The van der Waals surface area contributed by atoms with E-state index < -0.39 is 11.6 Å². The van der Waals surface area contributed by atoms with Crippen LogP contribution in [0.1, 0.15) is 40.3 Å². The molecule has 0 unspecified atom stereocenters. The van der Waals surface area contributed by atoms with Gasteiger partial charge in [-0.1, -0.05) is 108 Å². The van der Waals surface area contributed by atoms with Gasteiger partial charge in [-0.05, 0) is 81.7 Å². The Morgan fingerprint density at radius 3 is 2.25 bits per heavy atom. The third kappa shape index (κ3) is 8.59. The van der Waals surface area contributed by atoms with Crippen LogP contribution >= 0.6 is 11.6 Å². The first kappa shape index (κ1) is 35.2. The monoisotopic (exact) mass is 699 g/mol. The smallest absolute Gasteiger partial charge is 0.252 e. The molecule has 51 heavy (non-hydrogen) atoms. The van der Waals surface area contributed by atoms with Crippen molar-refractivity contribution in [2.45, 2.75) is 37.5 Å². The maximum Gasteiger partial charge on any atom is 0.252 e. The van der Waals surface area contributed by atoms with E-state index in [0.29, 0.717) is 48.2 Å². The van der Waals surface area contributed by atoms with E-state index in [1.165, 1.54) is 0 Å². The van der Waals surface area contributed by atoms with E-state index in [0.717, 1.165) is 33.4 Å². The van der Waals surface area contributed by atoms with Gasteiger partial charge in [-0.2, -0.15) is 0 Å². The van der Waals surface area contributed by atoms with Crippen molar-refractivity contribution in [3.8, 4) is 16.9 Å². The fourth-order valence-electron chi connectivity index (χ4n) is 6.17. The normalized spacial score (nSPS) is 16.4. The predicted molar refractivity (Wildman–Crippen MR) is 200 cm³/mol. The van der Waals surface area contributed by atoms with Crippen molar-refractivity contribution in [2.24, 2.45) is 10.1 Å². The van der Waals surface area contributed by atoms with Gasteiger partial charge in [0.05, 0.1) is 13.2 Å². The average Bonchev–Trinajstić information content (AvgIpc) is 3.56. The molecule has 0 aromatic heterocycles. The number of aliphatic hydroxyl groups excluding tert-OH is 1. The first-order valence-electron chi connectivity index (χ1n) is 16.9. The molecule has 2 atom stereocenters. The highest BCUT2D eigenvalue weighted by molar-refractivity contribution is 6.30. The van der Waals surface area contributed by atoms with Crippen LogP contribution in [0.3, 0.4) is 0 Å². The molecule has 0 fully saturated rings. The number of benzene rings is 5. The van der Waals surface area contributed by atoms with Crippen LogP contribution in [0, 0.1) is 0 Å². The van der Waals surface area contributed by atoms with Crippen LogP contribution in [0.15, 0.2) is 138 Å². The molecule has 1 amide bonds. The number of azide groups is 1. The van der Waals surface area contributed by atoms with E-state index in [4.69, 9.17) is 36.7 Å². The number of hydrogen-bond donors (Lipinski definition) is 2. The molecule has 10 heteroatoms. The number of carbonyl (C=O) groups excluding carboxylic acids is 1. The molecule has 0 radical (unpaired) electrons. The average molecular weight is 700 g/mol. The maximum atomic E-state index is 14.7. The van der Waals surface area contributed by atoms with Gasteiger partial charge in [0.25, 0.3) is 5.91 Å². The molecule has 0 spiro atoms. The molecule has 0 bridgehead atoms. The molecule has 1 heterocycles. The molecule has 1 aliphatic heterocycles. The quantitative estimate of drug-likeness (QED) is 0.0492.